The van der Waals surface area contributed by atoms with Gasteiger partial charge in [-0.15, -0.1) is 0 Å². The first-order valence-corrected chi connectivity index (χ1v) is 8.83. The van der Waals surface area contributed by atoms with Crippen molar-refractivity contribution in [2.24, 2.45) is 0 Å². The molecule has 2 N–H and O–H groups in total. The summed E-state index contributed by atoms with van der Waals surface area (Å²) in [6.07, 6.45) is 1.61. The number of aromatic nitrogens is 1. The number of nitrogens with one attached hydrogen (secondary N) is 1. The third-order valence-electron chi connectivity index (χ3n) is 4.34. The van der Waals surface area contributed by atoms with E-state index in [1.54, 1.807) is 24.4 Å². The van der Waals surface area contributed by atoms with Crippen LogP contribution in [0.2, 0.25) is 0 Å². The molecule has 28 heavy (non-hydrogen) atoms. The third-order valence-corrected chi connectivity index (χ3v) is 4.34. The standard InChI is InChI=1S/C23H18N2O3/c1-15(26)25-18-12-10-16(11-13-18)19-8-5-9-20(22(19)27)21-14-24-23(28-21)17-6-3-2-4-7-17/h2-14,27H,1H3,(H,25,26). The van der Waals surface area contributed by atoms with Crippen molar-refractivity contribution in [2.45, 2.75) is 6.92 Å². The van der Waals surface area contributed by atoms with Crippen molar-refractivity contribution in [1.82, 2.24) is 4.98 Å². The van der Waals surface area contributed by atoms with E-state index in [9.17, 15) is 9.90 Å². The van der Waals surface area contributed by atoms with E-state index in [4.69, 9.17) is 4.42 Å². The average molecular weight is 370 g/mol. The number of phenols is 1. The zero-order valence-corrected chi connectivity index (χ0v) is 15.2. The number of carbonyl (C=O) groups is 1. The van der Waals surface area contributed by atoms with Gasteiger partial charge in [-0.05, 0) is 35.9 Å². The molecule has 0 aliphatic heterocycles. The van der Waals surface area contributed by atoms with Crippen LogP contribution in [-0.2, 0) is 4.79 Å². The molecule has 0 saturated carbocycles. The fourth-order valence-corrected chi connectivity index (χ4v) is 3.02. The first kappa shape index (κ1) is 17.5. The number of nitrogens with zero attached hydrogens (tertiary/aromatic N) is 1. The van der Waals surface area contributed by atoms with E-state index >= 15 is 0 Å². The van der Waals surface area contributed by atoms with E-state index in [0.29, 0.717) is 28.5 Å². The Morgan fingerprint density at radius 3 is 2.32 bits per heavy atom. The molecule has 138 valence electrons. The van der Waals surface area contributed by atoms with Crippen molar-refractivity contribution in [2.75, 3.05) is 5.32 Å². The van der Waals surface area contributed by atoms with Gasteiger partial charge in [-0.2, -0.15) is 0 Å². The largest absolute Gasteiger partial charge is 0.507 e. The van der Waals surface area contributed by atoms with Gasteiger partial charge in [0.15, 0.2) is 5.76 Å². The fraction of sp³-hybridized carbons (Fsp3) is 0.0435. The van der Waals surface area contributed by atoms with Gasteiger partial charge >= 0.3 is 0 Å². The number of rotatable bonds is 4. The van der Waals surface area contributed by atoms with Crippen LogP contribution in [0.5, 0.6) is 5.75 Å². The average Bonchev–Trinajstić information content (AvgIpc) is 3.19. The normalized spacial score (nSPS) is 10.6. The summed E-state index contributed by atoms with van der Waals surface area (Å²) >= 11 is 0. The van der Waals surface area contributed by atoms with Gasteiger partial charge in [0, 0.05) is 23.7 Å². The molecule has 5 nitrogen and oxygen atoms in total. The monoisotopic (exact) mass is 370 g/mol. The van der Waals surface area contributed by atoms with E-state index < -0.39 is 0 Å². The Kier molecular flexibility index (Phi) is 4.64. The quantitative estimate of drug-likeness (QED) is 0.508. The number of carbonyl (C=O) groups excluding carboxylic acids is 1. The summed E-state index contributed by atoms with van der Waals surface area (Å²) in [6, 6.07) is 22.4. The molecule has 0 aliphatic rings. The van der Waals surface area contributed by atoms with Gasteiger partial charge in [0.1, 0.15) is 5.75 Å². The lowest BCUT2D eigenvalue weighted by Gasteiger charge is -2.09. The molecule has 3 aromatic carbocycles. The molecule has 1 aromatic heterocycles. The van der Waals surface area contributed by atoms with Crippen LogP contribution >= 0.6 is 0 Å². The number of hydrogen-bond donors (Lipinski definition) is 2. The highest BCUT2D eigenvalue weighted by Gasteiger charge is 2.15. The minimum absolute atomic E-state index is 0.116. The molecule has 0 radical (unpaired) electrons. The summed E-state index contributed by atoms with van der Waals surface area (Å²) < 4.78 is 5.87. The van der Waals surface area contributed by atoms with Crippen molar-refractivity contribution in [3.63, 3.8) is 0 Å². The van der Waals surface area contributed by atoms with Crippen LogP contribution in [0, 0.1) is 0 Å². The number of phenolic OH excluding ortho intramolecular Hbond substituents is 1. The van der Waals surface area contributed by atoms with Crippen molar-refractivity contribution in [3.8, 4) is 39.7 Å². The molecule has 0 aliphatic carbocycles. The van der Waals surface area contributed by atoms with Crippen LogP contribution in [0.3, 0.4) is 0 Å². The Hall–Kier alpha value is -3.86. The maximum absolute atomic E-state index is 11.2. The second-order valence-electron chi connectivity index (χ2n) is 6.36. The molecule has 0 fully saturated rings. The highest BCUT2D eigenvalue weighted by molar-refractivity contribution is 5.89. The fourth-order valence-electron chi connectivity index (χ4n) is 3.02. The summed E-state index contributed by atoms with van der Waals surface area (Å²) in [6.45, 7) is 1.46. The lowest BCUT2D eigenvalue weighted by molar-refractivity contribution is -0.114. The molecule has 0 bridgehead atoms. The topological polar surface area (TPSA) is 75.4 Å². The van der Waals surface area contributed by atoms with Gasteiger partial charge in [0.2, 0.25) is 11.8 Å². The lowest BCUT2D eigenvalue weighted by atomic mass is 10.0. The van der Waals surface area contributed by atoms with Crippen molar-refractivity contribution < 1.29 is 14.3 Å². The molecule has 0 spiro atoms. The predicted octanol–water partition coefficient (Wildman–Crippen LogP) is 5.34. The minimum Gasteiger partial charge on any atom is -0.507 e. The number of hydrogen-bond acceptors (Lipinski definition) is 4. The molecule has 1 amide bonds. The smallest absolute Gasteiger partial charge is 0.226 e. The van der Waals surface area contributed by atoms with Crippen LogP contribution < -0.4 is 5.32 Å². The summed E-state index contributed by atoms with van der Waals surface area (Å²) in [4.78, 5) is 15.5. The molecule has 4 aromatic rings. The Balaban J connectivity index is 1.68. The van der Waals surface area contributed by atoms with Crippen LogP contribution in [0.15, 0.2) is 83.4 Å². The zero-order valence-electron chi connectivity index (χ0n) is 15.2. The molecular weight excluding hydrogens is 352 g/mol. The second kappa shape index (κ2) is 7.40. The van der Waals surface area contributed by atoms with E-state index in [1.165, 1.54) is 6.92 Å². The van der Waals surface area contributed by atoms with E-state index in [-0.39, 0.29) is 11.7 Å². The number of anilines is 1. The highest BCUT2D eigenvalue weighted by Crippen LogP contribution is 2.39. The molecule has 0 saturated heterocycles. The highest BCUT2D eigenvalue weighted by atomic mass is 16.4. The summed E-state index contributed by atoms with van der Waals surface area (Å²) in [5.74, 6) is 0.982. The molecule has 0 unspecified atom stereocenters. The van der Waals surface area contributed by atoms with Crippen molar-refractivity contribution in [1.29, 1.82) is 0 Å². The van der Waals surface area contributed by atoms with Gasteiger partial charge in [-0.3, -0.25) is 4.79 Å². The Morgan fingerprint density at radius 1 is 0.893 bits per heavy atom. The molecular formula is C23H18N2O3. The van der Waals surface area contributed by atoms with Gasteiger partial charge in [-0.1, -0.05) is 42.5 Å². The Morgan fingerprint density at radius 2 is 1.61 bits per heavy atom. The molecule has 4 rings (SSSR count). The number of aromatic hydroxyl groups is 1. The van der Waals surface area contributed by atoms with E-state index in [0.717, 1.165) is 11.1 Å². The van der Waals surface area contributed by atoms with Gasteiger partial charge in [0.25, 0.3) is 0 Å². The molecule has 5 heteroatoms. The number of oxazole rings is 1. The van der Waals surface area contributed by atoms with E-state index in [1.807, 2.05) is 54.6 Å². The van der Waals surface area contributed by atoms with Gasteiger partial charge in [-0.25, -0.2) is 4.98 Å². The SMILES string of the molecule is CC(=O)Nc1ccc(-c2cccc(-c3cnc(-c4ccccc4)o3)c2O)cc1. The van der Waals surface area contributed by atoms with Gasteiger partial charge < -0.3 is 14.8 Å². The number of amides is 1. The van der Waals surface area contributed by atoms with E-state index in [2.05, 4.69) is 10.3 Å². The minimum atomic E-state index is -0.128. The summed E-state index contributed by atoms with van der Waals surface area (Å²) in [7, 11) is 0. The summed E-state index contributed by atoms with van der Waals surface area (Å²) in [5.41, 5.74) is 3.64. The number of benzene rings is 3. The predicted molar refractivity (Wildman–Crippen MR) is 109 cm³/mol. The molecule has 1 heterocycles. The van der Waals surface area contributed by atoms with Crippen LogP contribution in [0.1, 0.15) is 6.92 Å². The third kappa shape index (κ3) is 3.50. The van der Waals surface area contributed by atoms with Crippen molar-refractivity contribution in [3.05, 3.63) is 79.0 Å². The van der Waals surface area contributed by atoms with Crippen LogP contribution in [0.25, 0.3) is 33.9 Å². The number of para-hydroxylation sites is 1. The van der Waals surface area contributed by atoms with Crippen LogP contribution in [0.4, 0.5) is 5.69 Å². The first-order chi connectivity index (χ1) is 13.6. The Labute approximate surface area is 162 Å². The summed E-state index contributed by atoms with van der Waals surface area (Å²) in [5, 5.41) is 13.6. The zero-order chi connectivity index (χ0) is 19.5. The van der Waals surface area contributed by atoms with Crippen LogP contribution in [-0.4, -0.2) is 16.0 Å². The second-order valence-corrected chi connectivity index (χ2v) is 6.36. The lowest BCUT2D eigenvalue weighted by Crippen LogP contribution is -2.05. The first-order valence-electron chi connectivity index (χ1n) is 8.83. The molecule has 0 atom stereocenters. The van der Waals surface area contributed by atoms with Crippen molar-refractivity contribution >= 4 is 11.6 Å². The Bertz CT molecular complexity index is 1120. The van der Waals surface area contributed by atoms with Gasteiger partial charge in [0.05, 0.1) is 11.8 Å². The maximum atomic E-state index is 11.2. The maximum Gasteiger partial charge on any atom is 0.226 e.